The minimum atomic E-state index is -1.03. The summed E-state index contributed by atoms with van der Waals surface area (Å²) in [6.45, 7) is 0.139. The van der Waals surface area contributed by atoms with E-state index in [0.717, 1.165) is 33.8 Å². The predicted molar refractivity (Wildman–Crippen MR) is 106 cm³/mol. The maximum atomic E-state index is 13.0. The topological polar surface area (TPSA) is 87.7 Å². The Morgan fingerprint density at radius 1 is 1.17 bits per heavy atom. The molecule has 0 saturated carbocycles. The van der Waals surface area contributed by atoms with Gasteiger partial charge in [-0.15, -0.1) is 0 Å². The summed E-state index contributed by atoms with van der Waals surface area (Å²) in [4.78, 5) is 38.8. The molecule has 2 aliphatic rings. The van der Waals surface area contributed by atoms with Crippen LogP contribution in [-0.4, -0.2) is 42.9 Å². The summed E-state index contributed by atoms with van der Waals surface area (Å²) in [5.74, 6) is 0.0712. The van der Waals surface area contributed by atoms with Gasteiger partial charge in [0, 0.05) is 6.54 Å². The van der Waals surface area contributed by atoms with Crippen molar-refractivity contribution in [1.82, 2.24) is 15.5 Å². The maximum absolute atomic E-state index is 13.0. The second-order valence-corrected chi connectivity index (χ2v) is 7.33. The first-order valence-electron chi connectivity index (χ1n) is 9.65. The first-order valence-corrected chi connectivity index (χ1v) is 9.65. The molecule has 7 nitrogen and oxygen atoms in total. The van der Waals surface area contributed by atoms with Gasteiger partial charge in [-0.05, 0) is 48.1 Å². The summed E-state index contributed by atoms with van der Waals surface area (Å²) in [7, 11) is 1.61. The lowest BCUT2D eigenvalue weighted by atomic mass is 9.92. The van der Waals surface area contributed by atoms with Crippen LogP contribution < -0.4 is 15.4 Å². The molecule has 150 valence electrons. The van der Waals surface area contributed by atoms with E-state index in [2.05, 4.69) is 10.6 Å². The van der Waals surface area contributed by atoms with Crippen LogP contribution >= 0.6 is 0 Å². The van der Waals surface area contributed by atoms with Crippen molar-refractivity contribution in [3.05, 3.63) is 65.2 Å². The van der Waals surface area contributed by atoms with Crippen molar-refractivity contribution in [3.63, 3.8) is 0 Å². The number of benzene rings is 2. The third-order valence-corrected chi connectivity index (χ3v) is 5.62. The van der Waals surface area contributed by atoms with Crippen LogP contribution in [0.2, 0.25) is 0 Å². The number of hydrogen-bond donors (Lipinski definition) is 2. The van der Waals surface area contributed by atoms with Gasteiger partial charge in [0.2, 0.25) is 5.91 Å². The molecule has 1 spiro atoms. The zero-order valence-electron chi connectivity index (χ0n) is 16.2. The number of urea groups is 1. The van der Waals surface area contributed by atoms with Gasteiger partial charge in [-0.2, -0.15) is 0 Å². The van der Waals surface area contributed by atoms with Crippen LogP contribution in [0.15, 0.2) is 48.5 Å². The van der Waals surface area contributed by atoms with Crippen molar-refractivity contribution in [1.29, 1.82) is 0 Å². The summed E-state index contributed by atoms with van der Waals surface area (Å²) < 4.78 is 5.12. The van der Waals surface area contributed by atoms with Crippen LogP contribution in [0.4, 0.5) is 4.79 Å². The lowest BCUT2D eigenvalue weighted by Gasteiger charge is -2.22. The van der Waals surface area contributed by atoms with Gasteiger partial charge >= 0.3 is 6.03 Å². The first kappa shape index (κ1) is 19.0. The number of fused-ring (bicyclic) bond motifs is 2. The summed E-state index contributed by atoms with van der Waals surface area (Å²) in [6, 6.07) is 14.7. The standard InChI is InChI=1S/C22H23N3O4/c1-29-17-8-6-15(7-9-17)11-13-23-19(26)14-25-20(27)22(24-21(25)28)12-10-16-4-2-3-5-18(16)22/h2-9H,10-14H2,1H3,(H,23,26)(H,24,28)/t22-/m1/s1. The Kier molecular flexibility index (Phi) is 4.96. The molecule has 1 atom stereocenters. The normalized spacial score (nSPS) is 20.0. The Bertz CT molecular complexity index is 957. The van der Waals surface area contributed by atoms with Gasteiger partial charge < -0.3 is 15.4 Å². The van der Waals surface area contributed by atoms with Gasteiger partial charge in [-0.25, -0.2) is 4.79 Å². The van der Waals surface area contributed by atoms with E-state index >= 15 is 0 Å². The number of methoxy groups -OCH3 is 1. The molecule has 4 rings (SSSR count). The highest BCUT2D eigenvalue weighted by Gasteiger charge is 2.55. The van der Waals surface area contributed by atoms with Crippen LogP contribution in [0.3, 0.4) is 0 Å². The molecule has 0 aromatic heterocycles. The molecule has 2 aromatic rings. The number of hydrogen-bond acceptors (Lipinski definition) is 4. The Morgan fingerprint density at radius 3 is 2.69 bits per heavy atom. The Labute approximate surface area is 169 Å². The molecule has 0 unspecified atom stereocenters. The molecule has 2 N–H and O–H groups in total. The number of rotatable bonds is 6. The molecule has 1 fully saturated rings. The fourth-order valence-corrected chi connectivity index (χ4v) is 4.07. The molecular formula is C22H23N3O4. The fourth-order valence-electron chi connectivity index (χ4n) is 4.07. The van der Waals surface area contributed by atoms with Gasteiger partial charge in [0.15, 0.2) is 0 Å². The van der Waals surface area contributed by atoms with Crippen LogP contribution in [0.25, 0.3) is 0 Å². The summed E-state index contributed by atoms with van der Waals surface area (Å²) in [5.41, 5.74) is 1.92. The second-order valence-electron chi connectivity index (χ2n) is 7.33. The highest BCUT2D eigenvalue weighted by molar-refractivity contribution is 6.09. The minimum Gasteiger partial charge on any atom is -0.497 e. The van der Waals surface area contributed by atoms with Crippen LogP contribution in [0.5, 0.6) is 5.75 Å². The van der Waals surface area contributed by atoms with E-state index in [4.69, 9.17) is 4.74 Å². The zero-order valence-corrected chi connectivity index (χ0v) is 16.2. The van der Waals surface area contributed by atoms with Crippen molar-refractivity contribution in [2.24, 2.45) is 0 Å². The van der Waals surface area contributed by atoms with Crippen LogP contribution in [-0.2, 0) is 28.0 Å². The molecule has 1 saturated heterocycles. The van der Waals surface area contributed by atoms with E-state index < -0.39 is 11.6 Å². The van der Waals surface area contributed by atoms with E-state index in [9.17, 15) is 14.4 Å². The number of ether oxygens (including phenoxy) is 1. The molecular weight excluding hydrogens is 370 g/mol. The number of nitrogens with zero attached hydrogens (tertiary/aromatic N) is 1. The zero-order chi connectivity index (χ0) is 20.4. The molecule has 1 heterocycles. The Balaban J connectivity index is 1.35. The Morgan fingerprint density at radius 2 is 1.93 bits per heavy atom. The number of carbonyl (C=O) groups is 3. The predicted octanol–water partition coefficient (Wildman–Crippen LogP) is 1.75. The van der Waals surface area contributed by atoms with E-state index in [-0.39, 0.29) is 18.4 Å². The molecule has 1 aliphatic carbocycles. The van der Waals surface area contributed by atoms with Gasteiger partial charge in [-0.3, -0.25) is 14.5 Å². The highest BCUT2D eigenvalue weighted by atomic mass is 16.5. The quantitative estimate of drug-likeness (QED) is 0.732. The number of aryl methyl sites for hydroxylation is 1. The Hall–Kier alpha value is -3.35. The van der Waals surface area contributed by atoms with E-state index in [1.807, 2.05) is 48.5 Å². The molecule has 4 amide bonds. The number of amides is 4. The van der Waals surface area contributed by atoms with E-state index in [1.165, 1.54) is 0 Å². The van der Waals surface area contributed by atoms with E-state index in [1.54, 1.807) is 7.11 Å². The molecule has 29 heavy (non-hydrogen) atoms. The SMILES string of the molecule is COc1ccc(CCNC(=O)CN2C(=O)N[C@@]3(CCc4ccccc43)C2=O)cc1. The van der Waals surface area contributed by atoms with Gasteiger partial charge in [0.25, 0.3) is 5.91 Å². The molecule has 7 heteroatoms. The van der Waals surface area contributed by atoms with Crippen molar-refractivity contribution in [2.45, 2.75) is 24.8 Å². The monoisotopic (exact) mass is 393 g/mol. The second kappa shape index (κ2) is 7.58. The van der Waals surface area contributed by atoms with E-state index in [0.29, 0.717) is 19.4 Å². The third-order valence-electron chi connectivity index (χ3n) is 5.62. The summed E-state index contributed by atoms with van der Waals surface area (Å²) in [5, 5.41) is 5.61. The fraction of sp³-hybridized carbons (Fsp3) is 0.318. The smallest absolute Gasteiger partial charge is 0.325 e. The number of carbonyl (C=O) groups excluding carboxylic acids is 3. The molecule has 0 bridgehead atoms. The minimum absolute atomic E-state index is 0.281. The van der Waals surface area contributed by atoms with Crippen LogP contribution in [0.1, 0.15) is 23.1 Å². The first-order chi connectivity index (χ1) is 14.0. The molecule has 0 radical (unpaired) electrons. The largest absolute Gasteiger partial charge is 0.497 e. The van der Waals surface area contributed by atoms with Gasteiger partial charge in [0.05, 0.1) is 7.11 Å². The average molecular weight is 393 g/mol. The average Bonchev–Trinajstić information content (AvgIpc) is 3.22. The molecule has 1 aliphatic heterocycles. The maximum Gasteiger partial charge on any atom is 0.325 e. The van der Waals surface area contributed by atoms with Crippen molar-refractivity contribution in [3.8, 4) is 5.75 Å². The third kappa shape index (κ3) is 3.44. The summed E-state index contributed by atoms with van der Waals surface area (Å²) in [6.07, 6.45) is 1.89. The van der Waals surface area contributed by atoms with Crippen molar-refractivity contribution in [2.75, 3.05) is 20.2 Å². The van der Waals surface area contributed by atoms with Gasteiger partial charge in [-0.1, -0.05) is 36.4 Å². The highest BCUT2D eigenvalue weighted by Crippen LogP contribution is 2.41. The van der Waals surface area contributed by atoms with Crippen LogP contribution in [0, 0.1) is 0 Å². The lowest BCUT2D eigenvalue weighted by Crippen LogP contribution is -2.44. The number of imide groups is 1. The number of nitrogens with one attached hydrogen (secondary N) is 2. The molecule has 2 aromatic carbocycles. The van der Waals surface area contributed by atoms with Gasteiger partial charge in [0.1, 0.15) is 17.8 Å². The van der Waals surface area contributed by atoms with Crippen molar-refractivity contribution < 1.29 is 19.1 Å². The van der Waals surface area contributed by atoms with Crippen molar-refractivity contribution >= 4 is 17.8 Å². The summed E-state index contributed by atoms with van der Waals surface area (Å²) >= 11 is 0. The lowest BCUT2D eigenvalue weighted by molar-refractivity contribution is -0.135.